The molecule has 128 valence electrons. The van der Waals surface area contributed by atoms with Gasteiger partial charge in [-0.05, 0) is 58.5 Å². The van der Waals surface area contributed by atoms with Crippen molar-refractivity contribution in [3.05, 3.63) is 23.4 Å². The van der Waals surface area contributed by atoms with Crippen molar-refractivity contribution < 1.29 is 9.53 Å². The summed E-state index contributed by atoms with van der Waals surface area (Å²) in [5.41, 5.74) is -0.429. The van der Waals surface area contributed by atoms with E-state index in [9.17, 15) is 4.79 Å². The third-order valence-electron chi connectivity index (χ3n) is 4.55. The predicted octanol–water partition coefficient (Wildman–Crippen LogP) is 2.74. The summed E-state index contributed by atoms with van der Waals surface area (Å²) in [6.45, 7) is 6.33. The number of amides is 1. The van der Waals surface area contributed by atoms with Gasteiger partial charge in [-0.2, -0.15) is 0 Å². The molecule has 1 saturated heterocycles. The van der Waals surface area contributed by atoms with Gasteiger partial charge in [-0.1, -0.05) is 18.5 Å². The van der Waals surface area contributed by atoms with E-state index in [0.29, 0.717) is 17.5 Å². The molecule has 1 atom stereocenters. The highest BCUT2D eigenvalue weighted by atomic mass is 35.5. The first-order valence-electron chi connectivity index (χ1n) is 8.17. The number of carbonyl (C=O) groups excluding carboxylic acids is 1. The lowest BCUT2D eigenvalue weighted by Crippen LogP contribution is -2.52. The van der Waals surface area contributed by atoms with Crippen molar-refractivity contribution in [3.63, 3.8) is 0 Å². The van der Waals surface area contributed by atoms with E-state index in [-0.39, 0.29) is 11.8 Å². The first-order valence-corrected chi connectivity index (χ1v) is 8.55. The number of nitrogens with zero attached hydrogens (tertiary/aromatic N) is 2. The first kappa shape index (κ1) is 18.0. The highest BCUT2D eigenvalue weighted by Gasteiger charge is 2.31. The van der Waals surface area contributed by atoms with E-state index in [2.05, 4.69) is 22.2 Å². The number of ether oxygens (including phenoxy) is 1. The van der Waals surface area contributed by atoms with Crippen LogP contribution in [0.2, 0.25) is 5.02 Å². The maximum absolute atomic E-state index is 12.5. The molecule has 1 N–H and O–H groups in total. The van der Waals surface area contributed by atoms with Gasteiger partial charge in [0.05, 0.1) is 5.54 Å². The molecule has 1 aromatic rings. The van der Waals surface area contributed by atoms with Crippen molar-refractivity contribution in [2.24, 2.45) is 5.92 Å². The number of rotatable bonds is 6. The number of piperidine rings is 1. The lowest BCUT2D eigenvalue weighted by Gasteiger charge is -2.34. The maximum Gasteiger partial charge on any atom is 0.232 e. The van der Waals surface area contributed by atoms with Crippen LogP contribution in [0.25, 0.3) is 0 Å². The van der Waals surface area contributed by atoms with Gasteiger partial charge in [0.15, 0.2) is 0 Å². The minimum absolute atomic E-state index is 0.0931. The minimum Gasteiger partial charge on any atom is -0.474 e. The summed E-state index contributed by atoms with van der Waals surface area (Å²) in [4.78, 5) is 18.9. The van der Waals surface area contributed by atoms with Gasteiger partial charge in [0, 0.05) is 12.1 Å². The standard InChI is InChI=1S/C17H26ClN3O2/c1-4-17(2,12-23-16-14(18)6-5-9-19-16)20-15(22)13-7-10-21(3)11-8-13/h5-6,9,13H,4,7-8,10-12H2,1-3H3,(H,20,22). The lowest BCUT2D eigenvalue weighted by molar-refractivity contribution is -0.128. The molecule has 6 heteroatoms. The molecule has 1 aliphatic rings. The van der Waals surface area contributed by atoms with Crippen LogP contribution in [0.5, 0.6) is 5.88 Å². The summed E-state index contributed by atoms with van der Waals surface area (Å²) in [7, 11) is 2.09. The number of aromatic nitrogens is 1. The smallest absolute Gasteiger partial charge is 0.232 e. The van der Waals surface area contributed by atoms with Crippen molar-refractivity contribution in [1.29, 1.82) is 0 Å². The third-order valence-corrected chi connectivity index (χ3v) is 4.83. The molecule has 0 saturated carbocycles. The topological polar surface area (TPSA) is 54.5 Å². The van der Waals surface area contributed by atoms with Gasteiger partial charge in [-0.25, -0.2) is 4.98 Å². The van der Waals surface area contributed by atoms with Crippen LogP contribution in [0.15, 0.2) is 18.3 Å². The average molecular weight is 340 g/mol. The monoisotopic (exact) mass is 339 g/mol. The average Bonchev–Trinajstić information content (AvgIpc) is 2.54. The molecule has 2 rings (SSSR count). The number of nitrogens with one attached hydrogen (secondary N) is 1. The molecule has 1 amide bonds. The van der Waals surface area contributed by atoms with E-state index in [1.165, 1.54) is 0 Å². The second-order valence-electron chi connectivity index (χ2n) is 6.56. The summed E-state index contributed by atoms with van der Waals surface area (Å²) < 4.78 is 5.73. The summed E-state index contributed by atoms with van der Waals surface area (Å²) >= 11 is 6.06. The molecule has 1 unspecified atom stereocenters. The summed E-state index contributed by atoms with van der Waals surface area (Å²) in [6, 6.07) is 3.50. The number of carbonyl (C=O) groups is 1. The summed E-state index contributed by atoms with van der Waals surface area (Å²) in [5, 5.41) is 3.64. The number of pyridine rings is 1. The first-order chi connectivity index (χ1) is 10.9. The van der Waals surface area contributed by atoms with Gasteiger partial charge >= 0.3 is 0 Å². The van der Waals surface area contributed by atoms with Crippen molar-refractivity contribution >= 4 is 17.5 Å². The highest BCUT2D eigenvalue weighted by molar-refractivity contribution is 6.31. The molecular formula is C17H26ClN3O2. The normalized spacial score (nSPS) is 19.1. The largest absolute Gasteiger partial charge is 0.474 e. The Hall–Kier alpha value is -1.33. The quantitative estimate of drug-likeness (QED) is 0.865. The van der Waals surface area contributed by atoms with Crippen LogP contribution in [0.4, 0.5) is 0 Å². The summed E-state index contributed by atoms with van der Waals surface area (Å²) in [6.07, 6.45) is 4.24. The van der Waals surface area contributed by atoms with E-state index < -0.39 is 5.54 Å². The van der Waals surface area contributed by atoms with E-state index in [1.54, 1.807) is 18.3 Å². The SMILES string of the molecule is CCC(C)(COc1ncccc1Cl)NC(=O)C1CCN(C)CC1. The predicted molar refractivity (Wildman–Crippen MR) is 91.8 cm³/mol. The fourth-order valence-electron chi connectivity index (χ4n) is 2.60. The summed E-state index contributed by atoms with van der Waals surface area (Å²) in [5.74, 6) is 0.621. The molecular weight excluding hydrogens is 314 g/mol. The molecule has 0 spiro atoms. The van der Waals surface area contributed by atoms with Crippen molar-refractivity contribution in [3.8, 4) is 5.88 Å². The fraction of sp³-hybridized carbons (Fsp3) is 0.647. The Kier molecular flexibility index (Phi) is 6.25. The Balaban J connectivity index is 1.92. The van der Waals surface area contributed by atoms with Crippen LogP contribution in [-0.4, -0.2) is 48.1 Å². The molecule has 5 nitrogen and oxygen atoms in total. The van der Waals surface area contributed by atoms with Gasteiger partial charge in [0.2, 0.25) is 11.8 Å². The zero-order valence-electron chi connectivity index (χ0n) is 14.1. The minimum atomic E-state index is -0.429. The Morgan fingerprint density at radius 1 is 1.52 bits per heavy atom. The van der Waals surface area contributed by atoms with Crippen molar-refractivity contribution in [2.75, 3.05) is 26.7 Å². The molecule has 23 heavy (non-hydrogen) atoms. The number of hydrogen-bond acceptors (Lipinski definition) is 4. The van der Waals surface area contributed by atoms with Crippen LogP contribution >= 0.6 is 11.6 Å². The molecule has 1 aromatic heterocycles. The van der Waals surface area contributed by atoms with Gasteiger partial charge in [0.25, 0.3) is 0 Å². The molecule has 0 aliphatic carbocycles. The van der Waals surface area contributed by atoms with Crippen LogP contribution in [0.1, 0.15) is 33.1 Å². The molecule has 0 aromatic carbocycles. The van der Waals surface area contributed by atoms with Crippen LogP contribution in [0.3, 0.4) is 0 Å². The number of hydrogen-bond donors (Lipinski definition) is 1. The molecule has 0 bridgehead atoms. The van der Waals surface area contributed by atoms with Gasteiger partial charge in [0.1, 0.15) is 11.6 Å². The van der Waals surface area contributed by atoms with E-state index in [4.69, 9.17) is 16.3 Å². The van der Waals surface area contributed by atoms with Crippen molar-refractivity contribution in [1.82, 2.24) is 15.2 Å². The molecule has 2 heterocycles. The second-order valence-corrected chi connectivity index (χ2v) is 6.97. The van der Waals surface area contributed by atoms with Crippen LogP contribution in [-0.2, 0) is 4.79 Å². The van der Waals surface area contributed by atoms with E-state index in [0.717, 1.165) is 32.4 Å². The zero-order chi connectivity index (χ0) is 16.9. The third kappa shape index (κ3) is 5.08. The maximum atomic E-state index is 12.5. The zero-order valence-corrected chi connectivity index (χ0v) is 14.9. The number of likely N-dealkylation sites (tertiary alicyclic amines) is 1. The Morgan fingerprint density at radius 2 is 2.22 bits per heavy atom. The Bertz CT molecular complexity index is 532. The molecule has 1 fully saturated rings. The Morgan fingerprint density at radius 3 is 2.83 bits per heavy atom. The fourth-order valence-corrected chi connectivity index (χ4v) is 2.78. The second kappa shape index (κ2) is 7.97. The highest BCUT2D eigenvalue weighted by Crippen LogP contribution is 2.23. The van der Waals surface area contributed by atoms with Crippen LogP contribution in [0, 0.1) is 5.92 Å². The van der Waals surface area contributed by atoms with Crippen molar-refractivity contribution in [2.45, 2.75) is 38.6 Å². The van der Waals surface area contributed by atoms with Gasteiger partial charge in [-0.3, -0.25) is 4.79 Å². The Labute approximate surface area is 143 Å². The van der Waals surface area contributed by atoms with E-state index >= 15 is 0 Å². The lowest BCUT2D eigenvalue weighted by atomic mass is 9.93. The molecule has 0 radical (unpaired) electrons. The van der Waals surface area contributed by atoms with Gasteiger partial charge in [-0.15, -0.1) is 0 Å². The number of halogens is 1. The van der Waals surface area contributed by atoms with Gasteiger partial charge < -0.3 is 15.0 Å². The van der Waals surface area contributed by atoms with Crippen LogP contribution < -0.4 is 10.1 Å². The molecule has 1 aliphatic heterocycles. The van der Waals surface area contributed by atoms with E-state index in [1.807, 2.05) is 13.8 Å².